The molecule has 198 valence electrons. The molecule has 2 aromatic rings. The molecule has 35 heavy (non-hydrogen) atoms. The molecule has 1 unspecified atom stereocenters. The topological polar surface area (TPSA) is 109 Å². The zero-order valence-corrected chi connectivity index (χ0v) is 26.2. The third-order valence-electron chi connectivity index (χ3n) is 6.13. The van der Waals surface area contributed by atoms with Gasteiger partial charge in [0.15, 0.2) is 0 Å². The Morgan fingerprint density at radius 3 is 1.63 bits per heavy atom. The molecule has 0 bridgehead atoms. The molecule has 1 atom stereocenters. The minimum absolute atomic E-state index is 0.0223. The van der Waals surface area contributed by atoms with E-state index in [1.54, 1.807) is 12.1 Å². The summed E-state index contributed by atoms with van der Waals surface area (Å²) in [4.78, 5) is -0.0609. The predicted molar refractivity (Wildman–Crippen MR) is 150 cm³/mol. The van der Waals surface area contributed by atoms with Crippen LogP contribution in [0.3, 0.4) is 0 Å². The summed E-state index contributed by atoms with van der Waals surface area (Å²) in [5.41, 5.74) is 3.65. The normalized spacial score (nSPS) is 13.8. The van der Waals surface area contributed by atoms with Crippen LogP contribution in [0.1, 0.15) is 70.5 Å². The lowest BCUT2D eigenvalue weighted by Gasteiger charge is -2.26. The minimum Gasteiger partial charge on any atom is -0.282 e. The molecule has 0 aliphatic carbocycles. The lowest BCUT2D eigenvalue weighted by Crippen LogP contribution is -2.27. The maximum atomic E-state index is 11.0. The highest BCUT2D eigenvalue weighted by Gasteiger charge is 2.23. The lowest BCUT2D eigenvalue weighted by molar-refractivity contribution is 0.481. The van der Waals surface area contributed by atoms with Crippen molar-refractivity contribution >= 4 is 38.6 Å². The van der Waals surface area contributed by atoms with E-state index in [9.17, 15) is 16.8 Å². The van der Waals surface area contributed by atoms with Crippen molar-refractivity contribution in [2.45, 2.75) is 92.9 Å². The van der Waals surface area contributed by atoms with Crippen molar-refractivity contribution in [1.82, 2.24) is 0 Å². The largest absolute Gasteiger partial charge is 0.294 e. The Bertz CT molecular complexity index is 1130. The summed E-state index contributed by atoms with van der Waals surface area (Å²) >= 11 is 0. The van der Waals surface area contributed by atoms with E-state index in [2.05, 4.69) is 47.7 Å². The van der Waals surface area contributed by atoms with E-state index < -0.39 is 29.0 Å². The third kappa shape index (κ3) is 10.7. The molecule has 6 nitrogen and oxygen atoms in total. The predicted octanol–water partition coefficient (Wildman–Crippen LogP) is 5.40. The summed E-state index contributed by atoms with van der Waals surface area (Å²) in [6.45, 7) is 15.7. The van der Waals surface area contributed by atoms with Crippen LogP contribution in [0.25, 0.3) is 0 Å². The first-order chi connectivity index (χ1) is 16.0. The van der Waals surface area contributed by atoms with Crippen LogP contribution < -0.4 is 0 Å². The van der Waals surface area contributed by atoms with Crippen LogP contribution in [0.4, 0.5) is 0 Å². The summed E-state index contributed by atoms with van der Waals surface area (Å²) in [6.07, 6.45) is 3.56. The Morgan fingerprint density at radius 2 is 1.29 bits per heavy atom. The average molecular weight is 559 g/mol. The van der Waals surface area contributed by atoms with Crippen LogP contribution in [0.15, 0.2) is 58.3 Å². The van der Waals surface area contributed by atoms with E-state index >= 15 is 0 Å². The van der Waals surface area contributed by atoms with Gasteiger partial charge in [-0.15, -0.1) is 0 Å². The fourth-order valence-corrected chi connectivity index (χ4v) is 9.78. The fourth-order valence-electron chi connectivity index (χ4n) is 4.41. The standard InChI is InChI=1S/C13H22O3SSi.C12H20O3SSi/c1-4-5-6-13(18(2)3)11-7-9-12(10-8-11)17(14,15)16;1-9(2)17-12(3,4)10-5-7-11(8-6-10)16(13,14)15/h7-10,13,18H,4-6H2,1-3H3,(H,14,15,16);5-9H,17H2,1-4H3,(H,13,14,15). The van der Waals surface area contributed by atoms with Gasteiger partial charge in [-0.2, -0.15) is 16.8 Å². The van der Waals surface area contributed by atoms with E-state index in [0.29, 0.717) is 11.1 Å². The summed E-state index contributed by atoms with van der Waals surface area (Å²) in [6, 6.07) is 13.2. The van der Waals surface area contributed by atoms with Gasteiger partial charge in [-0.3, -0.25) is 9.11 Å². The van der Waals surface area contributed by atoms with E-state index in [1.807, 2.05) is 12.1 Å². The molecule has 0 aliphatic heterocycles. The number of unbranched alkanes of at least 4 members (excludes halogenated alkanes) is 1. The molecule has 0 heterocycles. The molecule has 0 fully saturated rings. The second kappa shape index (κ2) is 13.3. The molecule has 2 rings (SSSR count). The Labute approximate surface area is 216 Å². The van der Waals surface area contributed by atoms with Gasteiger partial charge in [0.05, 0.1) is 9.79 Å². The van der Waals surface area contributed by atoms with Crippen molar-refractivity contribution in [3.05, 3.63) is 59.7 Å². The van der Waals surface area contributed by atoms with Gasteiger partial charge in [-0.1, -0.05) is 90.4 Å². The lowest BCUT2D eigenvalue weighted by atomic mass is 10.0. The van der Waals surface area contributed by atoms with E-state index in [4.69, 9.17) is 9.11 Å². The van der Waals surface area contributed by atoms with Crippen LogP contribution in [0.5, 0.6) is 0 Å². The molecule has 10 heteroatoms. The van der Waals surface area contributed by atoms with E-state index in [-0.39, 0.29) is 24.3 Å². The average Bonchev–Trinajstić information content (AvgIpc) is 2.72. The van der Waals surface area contributed by atoms with Gasteiger partial charge >= 0.3 is 0 Å². The molecule has 0 saturated heterocycles. The van der Waals surface area contributed by atoms with E-state index in [0.717, 1.165) is 5.56 Å². The highest BCUT2D eigenvalue weighted by atomic mass is 32.2. The SMILES string of the molecule is CC(C)[SiH2]C(C)(C)c1ccc(S(=O)(=O)O)cc1.CCCCC(c1ccc(S(=O)(=O)O)cc1)[SiH](C)C. The van der Waals surface area contributed by atoms with E-state index in [1.165, 1.54) is 49.1 Å². The smallest absolute Gasteiger partial charge is 0.282 e. The summed E-state index contributed by atoms with van der Waals surface area (Å²) < 4.78 is 61.7. The van der Waals surface area contributed by atoms with Crippen molar-refractivity contribution < 1.29 is 25.9 Å². The molecular weight excluding hydrogens is 517 g/mol. The molecular formula is C25H42O6S2Si2. The van der Waals surface area contributed by atoms with Crippen LogP contribution in [-0.2, 0) is 25.3 Å². The van der Waals surface area contributed by atoms with Crippen molar-refractivity contribution in [2.75, 3.05) is 0 Å². The highest BCUT2D eigenvalue weighted by molar-refractivity contribution is 7.86. The molecule has 0 radical (unpaired) electrons. The third-order valence-corrected chi connectivity index (χ3v) is 12.4. The van der Waals surface area contributed by atoms with Crippen LogP contribution >= 0.6 is 0 Å². The first kappa shape index (κ1) is 31.7. The molecule has 0 spiro atoms. The van der Waals surface area contributed by atoms with Gasteiger partial charge in [0.1, 0.15) is 0 Å². The quantitative estimate of drug-likeness (QED) is 0.299. The first-order valence-corrected chi connectivity index (χ1v) is 19.5. The minimum atomic E-state index is -4.08. The number of rotatable bonds is 10. The molecule has 2 aromatic carbocycles. The first-order valence-electron chi connectivity index (χ1n) is 12.1. The Hall–Kier alpha value is -1.31. The number of hydrogen-bond donors (Lipinski definition) is 2. The Morgan fingerprint density at radius 1 is 0.857 bits per heavy atom. The molecule has 0 aromatic heterocycles. The zero-order chi connectivity index (χ0) is 27.0. The van der Waals surface area contributed by atoms with Crippen LogP contribution in [-0.4, -0.2) is 44.3 Å². The summed E-state index contributed by atoms with van der Waals surface area (Å²) in [5.74, 6) is 0. The maximum Gasteiger partial charge on any atom is 0.294 e. The number of benzene rings is 2. The van der Waals surface area contributed by atoms with Crippen molar-refractivity contribution in [3.63, 3.8) is 0 Å². The molecule has 0 aliphatic rings. The van der Waals surface area contributed by atoms with Gasteiger partial charge < -0.3 is 0 Å². The zero-order valence-electron chi connectivity index (χ0n) is 22.0. The number of hydrogen-bond acceptors (Lipinski definition) is 4. The highest BCUT2D eigenvalue weighted by Crippen LogP contribution is 2.27. The second-order valence-corrected chi connectivity index (χ2v) is 20.5. The molecule has 0 saturated carbocycles. The van der Waals surface area contributed by atoms with Gasteiger partial charge in [0.2, 0.25) is 0 Å². The van der Waals surface area contributed by atoms with Crippen LogP contribution in [0.2, 0.25) is 18.6 Å². The summed E-state index contributed by atoms with van der Waals surface area (Å²) in [5, 5.41) is 0.145. The van der Waals surface area contributed by atoms with Gasteiger partial charge in [0.25, 0.3) is 20.2 Å². The van der Waals surface area contributed by atoms with Crippen molar-refractivity contribution in [1.29, 1.82) is 0 Å². The van der Waals surface area contributed by atoms with Gasteiger partial charge in [0, 0.05) is 18.3 Å². The monoisotopic (exact) mass is 558 g/mol. The molecule has 2 N–H and O–H groups in total. The molecule has 0 amide bonds. The Kier molecular flexibility index (Phi) is 12.1. The van der Waals surface area contributed by atoms with Crippen molar-refractivity contribution in [2.24, 2.45) is 0 Å². The maximum absolute atomic E-state index is 11.0. The second-order valence-electron chi connectivity index (χ2n) is 10.5. The van der Waals surface area contributed by atoms with Gasteiger partial charge in [-0.25, -0.2) is 0 Å². The fraction of sp³-hybridized carbons (Fsp3) is 0.520. The Balaban J connectivity index is 0.000000351. The van der Waals surface area contributed by atoms with Crippen LogP contribution in [0, 0.1) is 0 Å². The summed E-state index contributed by atoms with van der Waals surface area (Å²) in [7, 11) is -9.24. The van der Waals surface area contributed by atoms with Gasteiger partial charge in [-0.05, 0) is 52.4 Å². The van der Waals surface area contributed by atoms with Crippen molar-refractivity contribution in [3.8, 4) is 0 Å².